The van der Waals surface area contributed by atoms with Gasteiger partial charge in [-0.3, -0.25) is 0 Å². The predicted octanol–water partition coefficient (Wildman–Crippen LogP) is -3.53. The second-order valence-electron chi connectivity index (χ2n) is 5.26. The summed E-state index contributed by atoms with van der Waals surface area (Å²) in [4.78, 5) is 0. The first-order chi connectivity index (χ1) is 9.86. The molecule has 2 rings (SSSR count). The van der Waals surface area contributed by atoms with Crippen molar-refractivity contribution in [2.45, 2.75) is 62.0 Å². The van der Waals surface area contributed by atoms with E-state index in [1.54, 1.807) is 0 Å². The third-order valence-electron chi connectivity index (χ3n) is 3.73. The van der Waals surface area contributed by atoms with Gasteiger partial charge in [0.2, 0.25) is 0 Å². The molecule has 9 nitrogen and oxygen atoms in total. The Balaban J connectivity index is 1.98. The van der Waals surface area contributed by atoms with E-state index in [0.717, 1.165) is 6.61 Å². The van der Waals surface area contributed by atoms with E-state index in [1.807, 2.05) is 0 Å². The Bertz CT molecular complexity index is 341. The maximum absolute atomic E-state index is 9.89. The number of ether oxygens (including phenoxy) is 3. The van der Waals surface area contributed by atoms with Gasteiger partial charge in [-0.1, -0.05) is 0 Å². The third kappa shape index (κ3) is 3.36. The minimum absolute atomic E-state index is 0.480. The maximum Gasteiger partial charge on any atom is 0.187 e. The molecule has 0 unspecified atom stereocenters. The molecule has 0 aromatic rings. The van der Waals surface area contributed by atoms with Crippen LogP contribution in [0.1, 0.15) is 6.92 Å². The largest absolute Gasteiger partial charge is 0.394 e. The first-order valence-corrected chi connectivity index (χ1v) is 6.67. The number of aliphatic hydroxyl groups is 6. The molecule has 9 heteroatoms. The first kappa shape index (κ1) is 17.0. The smallest absolute Gasteiger partial charge is 0.187 e. The van der Waals surface area contributed by atoms with E-state index in [1.165, 1.54) is 6.92 Å². The normalized spacial score (nSPS) is 51.9. The van der Waals surface area contributed by atoms with Gasteiger partial charge >= 0.3 is 0 Å². The van der Waals surface area contributed by atoms with Gasteiger partial charge in [0.15, 0.2) is 6.29 Å². The van der Waals surface area contributed by atoms with Crippen LogP contribution in [0, 0.1) is 6.61 Å². The van der Waals surface area contributed by atoms with Crippen LogP contribution in [0.3, 0.4) is 0 Å². The number of rotatable bonds is 3. The number of hydrogen-bond donors (Lipinski definition) is 6. The molecule has 2 heterocycles. The molecule has 2 aliphatic heterocycles. The molecule has 0 aliphatic carbocycles. The summed E-state index contributed by atoms with van der Waals surface area (Å²) in [7, 11) is 0. The topological polar surface area (TPSA) is 149 Å². The average Bonchev–Trinajstić information content (AvgIpc) is 2.47. The molecule has 0 spiro atoms. The Morgan fingerprint density at radius 3 is 2.24 bits per heavy atom. The van der Waals surface area contributed by atoms with Crippen LogP contribution < -0.4 is 0 Å². The Hall–Kier alpha value is -0.360. The standard InChI is InChI=1S/C12H21O9/c1-4-7(14)10(17)11(18)12(20-4)21-6-3-19-5(2-13)8(15)9(6)16/h3-18H,2H2,1H3/t4-,5+,6-,7-,8+,9+,10+,11+,12-/m0/s1. The highest BCUT2D eigenvalue weighted by Crippen LogP contribution is 2.27. The van der Waals surface area contributed by atoms with Crippen molar-refractivity contribution in [3.63, 3.8) is 0 Å². The van der Waals surface area contributed by atoms with Crippen LogP contribution >= 0.6 is 0 Å². The Morgan fingerprint density at radius 1 is 0.952 bits per heavy atom. The molecule has 9 atom stereocenters. The fourth-order valence-electron chi connectivity index (χ4n) is 2.30. The summed E-state index contributed by atoms with van der Waals surface area (Å²) < 4.78 is 15.5. The lowest BCUT2D eigenvalue weighted by atomic mass is 9.98. The zero-order valence-corrected chi connectivity index (χ0v) is 11.4. The van der Waals surface area contributed by atoms with Crippen LogP contribution in [-0.2, 0) is 14.2 Å². The molecule has 2 aliphatic rings. The van der Waals surface area contributed by atoms with Gasteiger partial charge in [-0.2, -0.15) is 0 Å². The van der Waals surface area contributed by atoms with Gasteiger partial charge < -0.3 is 44.8 Å². The van der Waals surface area contributed by atoms with E-state index in [0.29, 0.717) is 0 Å². The minimum atomic E-state index is -1.52. The Labute approximate surface area is 121 Å². The predicted molar refractivity (Wildman–Crippen MR) is 65.5 cm³/mol. The molecule has 0 saturated carbocycles. The second kappa shape index (κ2) is 6.82. The van der Waals surface area contributed by atoms with E-state index in [-0.39, 0.29) is 0 Å². The maximum atomic E-state index is 9.89. The minimum Gasteiger partial charge on any atom is -0.394 e. The Morgan fingerprint density at radius 2 is 1.62 bits per heavy atom. The van der Waals surface area contributed by atoms with E-state index in [4.69, 9.17) is 19.3 Å². The molecule has 0 bridgehead atoms. The average molecular weight is 309 g/mol. The van der Waals surface area contributed by atoms with Gasteiger partial charge in [0.25, 0.3) is 0 Å². The number of aliphatic hydroxyl groups excluding tert-OH is 6. The molecule has 21 heavy (non-hydrogen) atoms. The zero-order valence-electron chi connectivity index (χ0n) is 11.4. The monoisotopic (exact) mass is 309 g/mol. The van der Waals surface area contributed by atoms with Crippen molar-refractivity contribution >= 4 is 0 Å². The van der Waals surface area contributed by atoms with Crippen molar-refractivity contribution in [1.29, 1.82) is 0 Å². The molecule has 2 saturated heterocycles. The van der Waals surface area contributed by atoms with Gasteiger partial charge in [0, 0.05) is 0 Å². The summed E-state index contributed by atoms with van der Waals surface area (Å²) in [6, 6.07) is 0. The van der Waals surface area contributed by atoms with E-state index >= 15 is 0 Å². The second-order valence-corrected chi connectivity index (χ2v) is 5.26. The molecule has 0 aromatic carbocycles. The van der Waals surface area contributed by atoms with Crippen molar-refractivity contribution in [3.05, 3.63) is 6.61 Å². The van der Waals surface area contributed by atoms with E-state index < -0.39 is 61.7 Å². The van der Waals surface area contributed by atoms with Crippen molar-refractivity contribution in [1.82, 2.24) is 0 Å². The van der Waals surface area contributed by atoms with Crippen LogP contribution in [-0.4, -0.2) is 92.4 Å². The molecule has 123 valence electrons. The van der Waals surface area contributed by atoms with Gasteiger partial charge in [0.1, 0.15) is 49.3 Å². The third-order valence-corrected chi connectivity index (χ3v) is 3.73. The molecular weight excluding hydrogens is 288 g/mol. The fraction of sp³-hybridized carbons (Fsp3) is 0.917. The van der Waals surface area contributed by atoms with E-state index in [2.05, 4.69) is 0 Å². The van der Waals surface area contributed by atoms with Crippen LogP contribution in [0.5, 0.6) is 0 Å². The van der Waals surface area contributed by atoms with Crippen LogP contribution in [0.2, 0.25) is 0 Å². The van der Waals surface area contributed by atoms with Crippen LogP contribution in [0.25, 0.3) is 0 Å². The highest BCUT2D eigenvalue weighted by Gasteiger charge is 2.46. The number of hydrogen-bond acceptors (Lipinski definition) is 9. The van der Waals surface area contributed by atoms with Crippen LogP contribution in [0.15, 0.2) is 0 Å². The summed E-state index contributed by atoms with van der Waals surface area (Å²) in [5.41, 5.74) is 0. The highest BCUT2D eigenvalue weighted by molar-refractivity contribution is 4.94. The molecule has 1 radical (unpaired) electrons. The highest BCUT2D eigenvalue weighted by atomic mass is 16.7. The van der Waals surface area contributed by atoms with Crippen molar-refractivity contribution < 1.29 is 44.8 Å². The summed E-state index contributed by atoms with van der Waals surface area (Å²) in [6.45, 7) is 2.09. The zero-order chi connectivity index (χ0) is 15.7. The molecule has 0 aromatic heterocycles. The quantitative estimate of drug-likeness (QED) is 0.312. The van der Waals surface area contributed by atoms with Gasteiger partial charge in [-0.25, -0.2) is 0 Å². The van der Waals surface area contributed by atoms with Crippen LogP contribution in [0.4, 0.5) is 0 Å². The van der Waals surface area contributed by atoms with E-state index in [9.17, 15) is 25.5 Å². The fourth-order valence-corrected chi connectivity index (χ4v) is 2.30. The van der Waals surface area contributed by atoms with Gasteiger partial charge in [-0.05, 0) is 6.92 Å². The van der Waals surface area contributed by atoms with Crippen molar-refractivity contribution in [2.24, 2.45) is 0 Å². The lowest BCUT2D eigenvalue weighted by molar-refractivity contribution is -0.319. The summed E-state index contributed by atoms with van der Waals surface area (Å²) in [5, 5.41) is 57.6. The molecule has 2 fully saturated rings. The lowest BCUT2D eigenvalue weighted by Crippen LogP contribution is -2.60. The Kier molecular flexibility index (Phi) is 5.52. The lowest BCUT2D eigenvalue weighted by Gasteiger charge is -2.42. The van der Waals surface area contributed by atoms with Crippen molar-refractivity contribution in [3.8, 4) is 0 Å². The SMILES string of the molecule is C[C@@H]1O[C@@H](O[C@H]2[CH]O[C@H](CO)[C@@H](O)[C@@H]2O)[C@H](O)[C@H](O)[C@H]1O. The molecular formula is C12H21O9. The molecule has 6 N–H and O–H groups in total. The van der Waals surface area contributed by atoms with Crippen molar-refractivity contribution in [2.75, 3.05) is 6.61 Å². The van der Waals surface area contributed by atoms with Gasteiger partial charge in [0.05, 0.1) is 12.7 Å². The van der Waals surface area contributed by atoms with Gasteiger partial charge in [-0.15, -0.1) is 0 Å². The summed E-state index contributed by atoms with van der Waals surface area (Å²) in [5.74, 6) is 0. The molecule has 0 amide bonds. The first-order valence-electron chi connectivity index (χ1n) is 6.67. The summed E-state index contributed by atoms with van der Waals surface area (Å²) >= 11 is 0. The summed E-state index contributed by atoms with van der Waals surface area (Å²) in [6.07, 6.45) is -11.2.